The minimum absolute atomic E-state index is 0.163. The number of benzene rings is 1. The number of aryl methyl sites for hydroxylation is 1. The van der Waals surface area contributed by atoms with Crippen LogP contribution >= 0.6 is 0 Å². The molecule has 0 heterocycles. The predicted molar refractivity (Wildman–Crippen MR) is 66.0 cm³/mol. The molecule has 0 spiro atoms. The van der Waals surface area contributed by atoms with Crippen LogP contribution in [0.1, 0.15) is 31.1 Å². The number of nitrogens with one attached hydrogen (secondary N) is 1. The van der Waals surface area contributed by atoms with Crippen molar-refractivity contribution in [1.82, 2.24) is 5.32 Å². The lowest BCUT2D eigenvalue weighted by Crippen LogP contribution is -2.33. The third-order valence-corrected chi connectivity index (χ3v) is 2.60. The van der Waals surface area contributed by atoms with Gasteiger partial charge in [-0.2, -0.15) is 0 Å². The molecular weight excluding hydrogens is 218 g/mol. The van der Waals surface area contributed by atoms with Crippen molar-refractivity contribution in [2.45, 2.75) is 33.0 Å². The fraction of sp³-hybridized carbons (Fsp3) is 0.462. The number of hydrogen-bond acceptors (Lipinski definition) is 3. The predicted octanol–water partition coefficient (Wildman–Crippen LogP) is 1.56. The van der Waals surface area contributed by atoms with Gasteiger partial charge in [-0.15, -0.1) is 0 Å². The number of amides is 1. The molecule has 1 aromatic rings. The highest BCUT2D eigenvalue weighted by Gasteiger charge is 2.14. The molecule has 2 atom stereocenters. The Labute approximate surface area is 102 Å². The molecule has 4 heteroatoms. The summed E-state index contributed by atoms with van der Waals surface area (Å²) in [6, 6.07) is 5.43. The van der Waals surface area contributed by atoms with Crippen LogP contribution in [0.3, 0.4) is 0 Å². The SMILES string of the molecule is CNC(=O)C(C)Oc1ccc([C@H](C)O)cc1C. The smallest absolute Gasteiger partial charge is 0.260 e. The van der Waals surface area contributed by atoms with E-state index in [0.717, 1.165) is 11.1 Å². The number of aliphatic hydroxyl groups excluding tert-OH is 1. The summed E-state index contributed by atoms with van der Waals surface area (Å²) in [7, 11) is 1.57. The molecule has 0 aliphatic heterocycles. The molecule has 0 fully saturated rings. The van der Waals surface area contributed by atoms with E-state index in [-0.39, 0.29) is 5.91 Å². The first-order chi connectivity index (χ1) is 7.95. The normalized spacial score (nSPS) is 13.9. The molecule has 0 aromatic heterocycles. The van der Waals surface area contributed by atoms with E-state index in [1.165, 1.54) is 0 Å². The lowest BCUT2D eigenvalue weighted by Gasteiger charge is -2.16. The van der Waals surface area contributed by atoms with Crippen LogP contribution in [0.2, 0.25) is 0 Å². The third kappa shape index (κ3) is 3.46. The van der Waals surface area contributed by atoms with E-state index in [1.54, 1.807) is 33.0 Å². The summed E-state index contributed by atoms with van der Waals surface area (Å²) in [5.41, 5.74) is 1.74. The molecule has 4 nitrogen and oxygen atoms in total. The van der Waals surface area contributed by atoms with Crippen molar-refractivity contribution in [2.75, 3.05) is 7.05 Å². The van der Waals surface area contributed by atoms with E-state index < -0.39 is 12.2 Å². The number of hydrogen-bond donors (Lipinski definition) is 2. The molecule has 17 heavy (non-hydrogen) atoms. The zero-order valence-corrected chi connectivity index (χ0v) is 10.7. The van der Waals surface area contributed by atoms with Gasteiger partial charge in [0.15, 0.2) is 6.10 Å². The van der Waals surface area contributed by atoms with Crippen LogP contribution in [0, 0.1) is 6.92 Å². The molecule has 0 aliphatic carbocycles. The second-order valence-corrected chi connectivity index (χ2v) is 4.08. The summed E-state index contributed by atoms with van der Waals surface area (Å²) in [5, 5.41) is 12.0. The highest BCUT2D eigenvalue weighted by molar-refractivity contribution is 5.80. The topological polar surface area (TPSA) is 58.6 Å². The van der Waals surface area contributed by atoms with Gasteiger partial charge in [-0.25, -0.2) is 0 Å². The Kier molecular flexibility index (Phi) is 4.52. The average Bonchev–Trinajstić information content (AvgIpc) is 2.30. The van der Waals surface area contributed by atoms with Gasteiger partial charge in [0.25, 0.3) is 5.91 Å². The number of carbonyl (C=O) groups is 1. The van der Waals surface area contributed by atoms with E-state index >= 15 is 0 Å². The Morgan fingerprint density at radius 1 is 1.41 bits per heavy atom. The van der Waals surface area contributed by atoms with E-state index in [4.69, 9.17) is 4.74 Å². The van der Waals surface area contributed by atoms with Crippen molar-refractivity contribution in [3.63, 3.8) is 0 Å². The summed E-state index contributed by atoms with van der Waals surface area (Å²) in [4.78, 5) is 11.3. The molecule has 1 aromatic carbocycles. The third-order valence-electron chi connectivity index (χ3n) is 2.60. The van der Waals surface area contributed by atoms with Crippen LogP contribution < -0.4 is 10.1 Å². The van der Waals surface area contributed by atoms with Crippen LogP contribution in [-0.2, 0) is 4.79 Å². The number of carbonyl (C=O) groups excluding carboxylic acids is 1. The van der Waals surface area contributed by atoms with E-state index in [2.05, 4.69) is 5.32 Å². The fourth-order valence-corrected chi connectivity index (χ4v) is 1.51. The highest BCUT2D eigenvalue weighted by atomic mass is 16.5. The van der Waals surface area contributed by atoms with E-state index in [1.807, 2.05) is 13.0 Å². The maximum absolute atomic E-state index is 11.3. The summed E-state index contributed by atoms with van der Waals surface area (Å²) >= 11 is 0. The first-order valence-electron chi connectivity index (χ1n) is 5.62. The van der Waals surface area contributed by atoms with Crippen molar-refractivity contribution in [3.8, 4) is 5.75 Å². The van der Waals surface area contributed by atoms with Crippen molar-refractivity contribution in [3.05, 3.63) is 29.3 Å². The molecule has 0 saturated heterocycles. The van der Waals surface area contributed by atoms with Crippen molar-refractivity contribution < 1.29 is 14.6 Å². The van der Waals surface area contributed by atoms with Crippen LogP contribution in [0.15, 0.2) is 18.2 Å². The summed E-state index contributed by atoms with van der Waals surface area (Å²) in [6.45, 7) is 5.29. The van der Waals surface area contributed by atoms with Gasteiger partial charge in [0.2, 0.25) is 0 Å². The first-order valence-corrected chi connectivity index (χ1v) is 5.62. The lowest BCUT2D eigenvalue weighted by atomic mass is 10.1. The van der Waals surface area contributed by atoms with Gasteiger partial charge in [-0.3, -0.25) is 4.79 Å². The minimum Gasteiger partial charge on any atom is -0.481 e. The van der Waals surface area contributed by atoms with Gasteiger partial charge in [-0.1, -0.05) is 6.07 Å². The van der Waals surface area contributed by atoms with Crippen LogP contribution in [0.25, 0.3) is 0 Å². The number of rotatable bonds is 4. The first kappa shape index (κ1) is 13.5. The highest BCUT2D eigenvalue weighted by Crippen LogP contribution is 2.23. The van der Waals surface area contributed by atoms with Gasteiger partial charge < -0.3 is 15.2 Å². The number of aliphatic hydroxyl groups is 1. The van der Waals surface area contributed by atoms with Crippen LogP contribution in [0.5, 0.6) is 5.75 Å². The van der Waals surface area contributed by atoms with Crippen LogP contribution in [0.4, 0.5) is 0 Å². The molecule has 2 N–H and O–H groups in total. The Morgan fingerprint density at radius 3 is 2.53 bits per heavy atom. The van der Waals surface area contributed by atoms with Crippen molar-refractivity contribution in [1.29, 1.82) is 0 Å². The average molecular weight is 237 g/mol. The molecule has 0 saturated carbocycles. The van der Waals surface area contributed by atoms with Gasteiger partial charge in [-0.05, 0) is 44.0 Å². The zero-order chi connectivity index (χ0) is 13.0. The van der Waals surface area contributed by atoms with Crippen LogP contribution in [-0.4, -0.2) is 24.2 Å². The molecule has 0 radical (unpaired) electrons. The Morgan fingerprint density at radius 2 is 2.06 bits per heavy atom. The Hall–Kier alpha value is -1.55. The second-order valence-electron chi connectivity index (χ2n) is 4.08. The molecule has 0 aliphatic rings. The molecular formula is C13H19NO3. The fourth-order valence-electron chi connectivity index (χ4n) is 1.51. The van der Waals surface area contributed by atoms with E-state index in [0.29, 0.717) is 5.75 Å². The Balaban J connectivity index is 2.83. The maximum atomic E-state index is 11.3. The molecule has 94 valence electrons. The lowest BCUT2D eigenvalue weighted by molar-refractivity contribution is -0.126. The van der Waals surface area contributed by atoms with Gasteiger partial charge in [0.1, 0.15) is 5.75 Å². The zero-order valence-electron chi connectivity index (χ0n) is 10.7. The largest absolute Gasteiger partial charge is 0.481 e. The second kappa shape index (κ2) is 5.68. The molecule has 0 bridgehead atoms. The Bertz CT molecular complexity index is 402. The quantitative estimate of drug-likeness (QED) is 0.835. The van der Waals surface area contributed by atoms with Gasteiger partial charge in [0.05, 0.1) is 6.10 Å². The molecule has 1 amide bonds. The standard InChI is InChI=1S/C13H19NO3/c1-8-7-11(9(2)15)5-6-12(8)17-10(3)13(16)14-4/h5-7,9-10,15H,1-4H3,(H,14,16)/t9-,10?/m0/s1. The molecule has 1 unspecified atom stereocenters. The summed E-state index contributed by atoms with van der Waals surface area (Å²) < 4.78 is 5.54. The number of likely N-dealkylation sites (N-methyl/N-ethyl adjacent to an activating group) is 1. The summed E-state index contributed by atoms with van der Waals surface area (Å²) in [6.07, 6.45) is -1.03. The van der Waals surface area contributed by atoms with Crippen molar-refractivity contribution in [2.24, 2.45) is 0 Å². The minimum atomic E-state index is -0.531. The van der Waals surface area contributed by atoms with Crippen molar-refractivity contribution >= 4 is 5.91 Å². The maximum Gasteiger partial charge on any atom is 0.260 e. The van der Waals surface area contributed by atoms with Gasteiger partial charge >= 0.3 is 0 Å². The number of ether oxygens (including phenoxy) is 1. The monoisotopic (exact) mass is 237 g/mol. The van der Waals surface area contributed by atoms with E-state index in [9.17, 15) is 9.90 Å². The van der Waals surface area contributed by atoms with Gasteiger partial charge in [0, 0.05) is 7.05 Å². The molecule has 1 rings (SSSR count). The summed E-state index contributed by atoms with van der Waals surface area (Å²) in [5.74, 6) is 0.495.